The molecule has 0 aromatic carbocycles. The number of carbonyl (C=O) groups is 1. The van der Waals surface area contributed by atoms with E-state index in [0.29, 0.717) is 13.1 Å². The van der Waals surface area contributed by atoms with Gasteiger partial charge < -0.3 is 15.3 Å². The first-order valence-corrected chi connectivity index (χ1v) is 5.62. The zero-order valence-electron chi connectivity index (χ0n) is 9.26. The molecule has 0 aliphatic carbocycles. The van der Waals surface area contributed by atoms with Crippen LogP contribution in [0.4, 0.5) is 13.2 Å². The average molecular weight is 252 g/mol. The largest absolute Gasteiger partial charge is 0.417 e. The molecule has 2 heterocycles. The van der Waals surface area contributed by atoms with Crippen molar-refractivity contribution in [2.75, 3.05) is 26.2 Å². The van der Waals surface area contributed by atoms with Gasteiger partial charge in [0.25, 0.3) is 0 Å². The number of halogens is 3. The lowest BCUT2D eigenvalue weighted by Gasteiger charge is -2.41. The molecule has 2 aliphatic rings. The molecule has 1 amide bonds. The molecule has 7 heteroatoms. The Balaban J connectivity index is 1.91. The van der Waals surface area contributed by atoms with Gasteiger partial charge in [-0.2, -0.15) is 13.2 Å². The topological polar surface area (TPSA) is 52.6 Å². The summed E-state index contributed by atoms with van der Waals surface area (Å²) in [6.07, 6.45) is -5.47. The van der Waals surface area contributed by atoms with Crippen molar-refractivity contribution in [1.82, 2.24) is 10.2 Å². The number of nitrogens with one attached hydrogen (secondary N) is 1. The van der Waals surface area contributed by atoms with Crippen molar-refractivity contribution in [3.05, 3.63) is 0 Å². The number of alkyl halides is 3. The normalized spacial score (nSPS) is 25.5. The highest BCUT2D eigenvalue weighted by Crippen LogP contribution is 2.38. The summed E-state index contributed by atoms with van der Waals surface area (Å²) >= 11 is 0. The minimum atomic E-state index is -4.61. The summed E-state index contributed by atoms with van der Waals surface area (Å²) in [5.41, 5.74) is -2.62. The first-order chi connectivity index (χ1) is 7.83. The lowest BCUT2D eigenvalue weighted by molar-refractivity contribution is -0.272. The molecule has 2 saturated heterocycles. The van der Waals surface area contributed by atoms with Gasteiger partial charge in [-0.1, -0.05) is 0 Å². The first kappa shape index (κ1) is 12.6. The van der Waals surface area contributed by atoms with Crippen LogP contribution in [0.1, 0.15) is 12.8 Å². The molecule has 0 aromatic heterocycles. The molecule has 2 N–H and O–H groups in total. The third kappa shape index (κ3) is 2.26. The molecule has 17 heavy (non-hydrogen) atoms. The highest BCUT2D eigenvalue weighted by molar-refractivity contribution is 5.80. The molecular formula is C10H15F3N2O2. The minimum absolute atomic E-state index is 0.0225. The molecule has 0 atom stereocenters. The minimum Gasteiger partial charge on any atom is -0.380 e. The SMILES string of the molecule is O=C(C1CNC1)N1CCC(O)(C(F)(F)F)CC1. The number of hydrogen-bond acceptors (Lipinski definition) is 3. The molecule has 2 aliphatic heterocycles. The standard InChI is InChI=1S/C10H15F3N2O2/c11-10(12,13)9(17)1-3-15(4-2-9)8(16)7-5-14-6-7/h7,14,17H,1-6H2. The van der Waals surface area contributed by atoms with Crippen LogP contribution in [0.15, 0.2) is 0 Å². The molecule has 98 valence electrons. The van der Waals surface area contributed by atoms with Crippen LogP contribution in [0.3, 0.4) is 0 Å². The van der Waals surface area contributed by atoms with E-state index in [2.05, 4.69) is 5.32 Å². The van der Waals surface area contributed by atoms with Gasteiger partial charge in [0.1, 0.15) is 0 Å². The molecule has 0 unspecified atom stereocenters. The quantitative estimate of drug-likeness (QED) is 0.697. The van der Waals surface area contributed by atoms with Gasteiger partial charge in [-0.3, -0.25) is 4.79 Å². The zero-order chi connectivity index (χ0) is 12.7. The van der Waals surface area contributed by atoms with Crippen molar-refractivity contribution in [1.29, 1.82) is 0 Å². The van der Waals surface area contributed by atoms with Crippen molar-refractivity contribution in [2.24, 2.45) is 5.92 Å². The van der Waals surface area contributed by atoms with Crippen molar-refractivity contribution in [2.45, 2.75) is 24.6 Å². The van der Waals surface area contributed by atoms with Crippen molar-refractivity contribution < 1.29 is 23.1 Å². The van der Waals surface area contributed by atoms with E-state index in [1.54, 1.807) is 0 Å². The fraction of sp³-hybridized carbons (Fsp3) is 0.900. The highest BCUT2D eigenvalue weighted by Gasteiger charge is 2.55. The van der Waals surface area contributed by atoms with Gasteiger partial charge in [-0.05, 0) is 0 Å². The van der Waals surface area contributed by atoms with Crippen molar-refractivity contribution >= 4 is 5.91 Å². The number of aliphatic hydroxyl groups is 1. The Morgan fingerprint density at radius 3 is 2.18 bits per heavy atom. The van der Waals surface area contributed by atoms with E-state index < -0.39 is 24.6 Å². The molecule has 0 saturated carbocycles. The number of amides is 1. The summed E-state index contributed by atoms with van der Waals surface area (Å²) in [7, 11) is 0. The summed E-state index contributed by atoms with van der Waals surface area (Å²) in [4.78, 5) is 13.2. The van der Waals surface area contributed by atoms with E-state index in [9.17, 15) is 23.1 Å². The third-order valence-electron chi connectivity index (χ3n) is 3.56. The Kier molecular flexibility index (Phi) is 3.07. The molecule has 4 nitrogen and oxygen atoms in total. The number of hydrogen-bond donors (Lipinski definition) is 2. The van der Waals surface area contributed by atoms with Gasteiger partial charge in [0, 0.05) is 39.0 Å². The Labute approximate surface area is 96.8 Å². The average Bonchev–Trinajstić information content (AvgIpc) is 2.14. The first-order valence-electron chi connectivity index (χ1n) is 5.62. The molecular weight excluding hydrogens is 237 g/mol. The van der Waals surface area contributed by atoms with E-state index >= 15 is 0 Å². The van der Waals surface area contributed by atoms with E-state index in [0.717, 1.165) is 0 Å². The lowest BCUT2D eigenvalue weighted by atomic mass is 9.89. The number of rotatable bonds is 1. The van der Waals surface area contributed by atoms with Crippen LogP contribution in [0.2, 0.25) is 0 Å². The highest BCUT2D eigenvalue weighted by atomic mass is 19.4. The van der Waals surface area contributed by atoms with E-state index in [-0.39, 0.29) is 24.9 Å². The van der Waals surface area contributed by atoms with Gasteiger partial charge in [0.05, 0.1) is 5.92 Å². The summed E-state index contributed by atoms with van der Waals surface area (Å²) in [6.45, 7) is 1.15. The Hall–Kier alpha value is -0.820. The molecule has 0 radical (unpaired) electrons. The van der Waals surface area contributed by atoms with Crippen LogP contribution in [0.25, 0.3) is 0 Å². The van der Waals surface area contributed by atoms with E-state index in [4.69, 9.17) is 0 Å². The van der Waals surface area contributed by atoms with Gasteiger partial charge in [0.2, 0.25) is 5.91 Å². The number of nitrogens with zero attached hydrogens (tertiary/aromatic N) is 1. The second-order valence-electron chi connectivity index (χ2n) is 4.71. The fourth-order valence-corrected chi connectivity index (χ4v) is 2.10. The Morgan fingerprint density at radius 1 is 1.29 bits per heavy atom. The predicted octanol–water partition coefficient (Wildman–Crippen LogP) is 0.122. The van der Waals surface area contributed by atoms with Crippen LogP contribution in [-0.2, 0) is 4.79 Å². The van der Waals surface area contributed by atoms with Crippen molar-refractivity contribution in [3.63, 3.8) is 0 Å². The van der Waals surface area contributed by atoms with Crippen molar-refractivity contribution in [3.8, 4) is 0 Å². The van der Waals surface area contributed by atoms with Gasteiger partial charge in [0.15, 0.2) is 5.60 Å². The van der Waals surface area contributed by atoms with Gasteiger partial charge in [-0.15, -0.1) is 0 Å². The van der Waals surface area contributed by atoms with Crippen LogP contribution in [0, 0.1) is 5.92 Å². The molecule has 2 fully saturated rings. The van der Waals surface area contributed by atoms with Crippen LogP contribution in [-0.4, -0.2) is 53.9 Å². The summed E-state index contributed by atoms with van der Waals surface area (Å²) in [5, 5.41) is 12.4. The summed E-state index contributed by atoms with van der Waals surface area (Å²) in [5.74, 6) is -0.208. The summed E-state index contributed by atoms with van der Waals surface area (Å²) in [6, 6.07) is 0. The third-order valence-corrected chi connectivity index (χ3v) is 3.56. The fourth-order valence-electron chi connectivity index (χ4n) is 2.10. The molecule has 0 aromatic rings. The van der Waals surface area contributed by atoms with Gasteiger partial charge in [-0.25, -0.2) is 0 Å². The second-order valence-corrected chi connectivity index (χ2v) is 4.71. The predicted molar refractivity (Wildman–Crippen MR) is 53.2 cm³/mol. The zero-order valence-corrected chi connectivity index (χ0v) is 9.26. The maximum atomic E-state index is 12.5. The van der Waals surface area contributed by atoms with Crippen LogP contribution >= 0.6 is 0 Å². The number of likely N-dealkylation sites (tertiary alicyclic amines) is 1. The summed E-state index contributed by atoms with van der Waals surface area (Å²) < 4.78 is 37.6. The van der Waals surface area contributed by atoms with Crippen LogP contribution in [0.5, 0.6) is 0 Å². The second kappa shape index (κ2) is 4.13. The van der Waals surface area contributed by atoms with Gasteiger partial charge >= 0.3 is 6.18 Å². The van der Waals surface area contributed by atoms with E-state index in [1.165, 1.54) is 4.90 Å². The lowest BCUT2D eigenvalue weighted by Crippen LogP contribution is -2.58. The Bertz CT molecular complexity index is 307. The smallest absolute Gasteiger partial charge is 0.380 e. The maximum Gasteiger partial charge on any atom is 0.417 e. The van der Waals surface area contributed by atoms with E-state index in [1.807, 2.05) is 0 Å². The molecule has 0 bridgehead atoms. The monoisotopic (exact) mass is 252 g/mol. The molecule has 2 rings (SSSR count). The maximum absolute atomic E-state index is 12.5. The van der Waals surface area contributed by atoms with Crippen LogP contribution < -0.4 is 5.32 Å². The number of carbonyl (C=O) groups excluding carboxylic acids is 1. The Morgan fingerprint density at radius 2 is 1.82 bits per heavy atom. The molecule has 0 spiro atoms. The number of piperidine rings is 1.